The van der Waals surface area contributed by atoms with Gasteiger partial charge in [-0.1, -0.05) is 55.0 Å². The quantitative estimate of drug-likeness (QED) is 0.592. The standard InChI is InChI=1S/C24H33N3O4S/c1-6-19(3)25-24(29)20(4)27(16-21-10-8-7-9-11-21)23(28)17-26(5)32(30,31)22-14-12-18(2)13-15-22/h7-15,19-20H,6,16-17H2,1-5H3,(H,25,29)/t19-,20-/m0/s1. The van der Waals surface area contributed by atoms with Crippen molar-refractivity contribution < 1.29 is 18.0 Å². The highest BCUT2D eigenvalue weighted by atomic mass is 32.2. The van der Waals surface area contributed by atoms with Crippen LogP contribution in [-0.4, -0.2) is 55.1 Å². The minimum absolute atomic E-state index is 0.0248. The van der Waals surface area contributed by atoms with Gasteiger partial charge in [-0.05, 0) is 44.9 Å². The lowest BCUT2D eigenvalue weighted by Crippen LogP contribution is -2.51. The first-order valence-corrected chi connectivity index (χ1v) is 12.2. The average molecular weight is 460 g/mol. The predicted molar refractivity (Wildman–Crippen MR) is 125 cm³/mol. The lowest BCUT2D eigenvalue weighted by molar-refractivity contribution is -0.140. The summed E-state index contributed by atoms with van der Waals surface area (Å²) in [6.45, 7) is 7.23. The molecule has 0 aliphatic rings. The number of nitrogens with zero attached hydrogens (tertiary/aromatic N) is 2. The van der Waals surface area contributed by atoms with E-state index in [0.29, 0.717) is 0 Å². The van der Waals surface area contributed by atoms with Crippen molar-refractivity contribution in [3.8, 4) is 0 Å². The third-order valence-electron chi connectivity index (χ3n) is 5.45. The van der Waals surface area contributed by atoms with E-state index in [4.69, 9.17) is 0 Å². The van der Waals surface area contributed by atoms with E-state index < -0.39 is 22.0 Å². The second-order valence-electron chi connectivity index (χ2n) is 8.08. The molecule has 2 aromatic carbocycles. The maximum Gasteiger partial charge on any atom is 0.243 e. The number of amides is 2. The number of carbonyl (C=O) groups is 2. The number of aryl methyl sites for hydroxylation is 1. The zero-order valence-corrected chi connectivity index (χ0v) is 20.2. The molecule has 0 fully saturated rings. The van der Waals surface area contributed by atoms with E-state index in [-0.39, 0.29) is 29.9 Å². The predicted octanol–water partition coefficient (Wildman–Crippen LogP) is 2.95. The fraction of sp³-hybridized carbons (Fsp3) is 0.417. The Labute approximate surface area is 191 Å². The molecule has 2 atom stereocenters. The summed E-state index contributed by atoms with van der Waals surface area (Å²) in [5, 5.41) is 2.90. The molecule has 32 heavy (non-hydrogen) atoms. The van der Waals surface area contributed by atoms with Crippen LogP contribution in [0.1, 0.15) is 38.3 Å². The number of hydrogen-bond donors (Lipinski definition) is 1. The molecule has 0 bridgehead atoms. The molecule has 0 aromatic heterocycles. The lowest BCUT2D eigenvalue weighted by atomic mass is 10.1. The van der Waals surface area contributed by atoms with E-state index in [9.17, 15) is 18.0 Å². The summed E-state index contributed by atoms with van der Waals surface area (Å²) in [5.74, 6) is -0.716. The average Bonchev–Trinajstić information content (AvgIpc) is 2.77. The smallest absolute Gasteiger partial charge is 0.243 e. The van der Waals surface area contributed by atoms with Crippen molar-refractivity contribution in [3.05, 3.63) is 65.7 Å². The van der Waals surface area contributed by atoms with Gasteiger partial charge in [0.1, 0.15) is 6.04 Å². The summed E-state index contributed by atoms with van der Waals surface area (Å²) >= 11 is 0. The highest BCUT2D eigenvalue weighted by molar-refractivity contribution is 7.89. The molecule has 0 radical (unpaired) electrons. The van der Waals surface area contributed by atoms with Crippen LogP contribution in [0.3, 0.4) is 0 Å². The maximum absolute atomic E-state index is 13.2. The molecule has 0 aliphatic heterocycles. The van der Waals surface area contributed by atoms with Crippen molar-refractivity contribution in [1.82, 2.24) is 14.5 Å². The summed E-state index contributed by atoms with van der Waals surface area (Å²) in [5.41, 5.74) is 1.80. The summed E-state index contributed by atoms with van der Waals surface area (Å²) in [6.07, 6.45) is 0.766. The number of benzene rings is 2. The van der Waals surface area contributed by atoms with Gasteiger partial charge in [-0.25, -0.2) is 8.42 Å². The van der Waals surface area contributed by atoms with Gasteiger partial charge < -0.3 is 10.2 Å². The number of rotatable bonds is 10. The van der Waals surface area contributed by atoms with Gasteiger partial charge >= 0.3 is 0 Å². The Bertz CT molecular complexity index is 1010. The van der Waals surface area contributed by atoms with Crippen LogP contribution in [0.4, 0.5) is 0 Å². The van der Waals surface area contributed by atoms with Gasteiger partial charge in [-0.3, -0.25) is 9.59 Å². The van der Waals surface area contributed by atoms with Crippen molar-refractivity contribution in [1.29, 1.82) is 0 Å². The number of nitrogens with one attached hydrogen (secondary N) is 1. The Morgan fingerprint density at radius 3 is 2.16 bits per heavy atom. The van der Waals surface area contributed by atoms with Crippen LogP contribution in [0, 0.1) is 6.92 Å². The van der Waals surface area contributed by atoms with Crippen LogP contribution >= 0.6 is 0 Å². The van der Waals surface area contributed by atoms with Gasteiger partial charge in [0, 0.05) is 19.6 Å². The fourth-order valence-corrected chi connectivity index (χ4v) is 4.21. The molecule has 2 amide bonds. The second kappa shape index (κ2) is 11.2. The van der Waals surface area contributed by atoms with E-state index in [2.05, 4.69) is 5.32 Å². The van der Waals surface area contributed by atoms with Crippen molar-refractivity contribution >= 4 is 21.8 Å². The molecule has 8 heteroatoms. The first-order valence-electron chi connectivity index (χ1n) is 10.7. The normalized spacial score (nSPS) is 13.4. The van der Waals surface area contributed by atoms with E-state index in [1.807, 2.05) is 51.1 Å². The van der Waals surface area contributed by atoms with Crippen molar-refractivity contribution in [3.63, 3.8) is 0 Å². The first kappa shape index (κ1) is 25.5. The van der Waals surface area contributed by atoms with Crippen molar-refractivity contribution in [2.75, 3.05) is 13.6 Å². The van der Waals surface area contributed by atoms with E-state index in [1.54, 1.807) is 19.1 Å². The number of carbonyl (C=O) groups excluding carboxylic acids is 2. The minimum Gasteiger partial charge on any atom is -0.352 e. The largest absolute Gasteiger partial charge is 0.352 e. The van der Waals surface area contributed by atoms with Gasteiger partial charge in [0.2, 0.25) is 21.8 Å². The molecular weight excluding hydrogens is 426 g/mol. The molecule has 0 heterocycles. The van der Waals surface area contributed by atoms with Crippen LogP contribution < -0.4 is 5.32 Å². The second-order valence-corrected chi connectivity index (χ2v) is 10.1. The van der Waals surface area contributed by atoms with Crippen LogP contribution in [0.2, 0.25) is 0 Å². The third-order valence-corrected chi connectivity index (χ3v) is 7.27. The first-order chi connectivity index (χ1) is 15.1. The zero-order valence-electron chi connectivity index (χ0n) is 19.4. The monoisotopic (exact) mass is 459 g/mol. The van der Waals surface area contributed by atoms with E-state index in [0.717, 1.165) is 21.9 Å². The molecule has 2 aromatic rings. The molecule has 7 nitrogen and oxygen atoms in total. The molecule has 0 saturated carbocycles. The molecule has 0 aliphatic carbocycles. The van der Waals surface area contributed by atoms with Crippen molar-refractivity contribution in [2.24, 2.45) is 0 Å². The van der Waals surface area contributed by atoms with Crippen molar-refractivity contribution in [2.45, 2.75) is 57.6 Å². The van der Waals surface area contributed by atoms with Crippen LogP contribution in [-0.2, 0) is 26.2 Å². The summed E-state index contributed by atoms with van der Waals surface area (Å²) in [6, 6.07) is 15.0. The van der Waals surface area contributed by atoms with E-state index in [1.165, 1.54) is 24.1 Å². The van der Waals surface area contributed by atoms with Gasteiger partial charge in [0.05, 0.1) is 11.4 Å². The number of likely N-dealkylation sites (N-methyl/N-ethyl adjacent to an activating group) is 1. The molecule has 1 N–H and O–H groups in total. The van der Waals surface area contributed by atoms with Crippen LogP contribution in [0.5, 0.6) is 0 Å². The van der Waals surface area contributed by atoms with Gasteiger partial charge in [-0.15, -0.1) is 0 Å². The van der Waals surface area contributed by atoms with E-state index >= 15 is 0 Å². The molecule has 174 valence electrons. The van der Waals surface area contributed by atoms with Crippen LogP contribution in [0.25, 0.3) is 0 Å². The van der Waals surface area contributed by atoms with Gasteiger partial charge in [-0.2, -0.15) is 4.31 Å². The lowest BCUT2D eigenvalue weighted by Gasteiger charge is -2.31. The molecule has 0 unspecified atom stereocenters. The highest BCUT2D eigenvalue weighted by Gasteiger charge is 2.30. The Kier molecular flexibility index (Phi) is 8.98. The third kappa shape index (κ3) is 6.64. The van der Waals surface area contributed by atoms with Gasteiger partial charge in [0.25, 0.3) is 0 Å². The van der Waals surface area contributed by atoms with Crippen LogP contribution in [0.15, 0.2) is 59.5 Å². The SMILES string of the molecule is CC[C@H](C)NC(=O)[C@H](C)N(Cc1ccccc1)C(=O)CN(C)S(=O)(=O)c1ccc(C)cc1. The Hall–Kier alpha value is -2.71. The Morgan fingerprint density at radius 1 is 1.00 bits per heavy atom. The number of sulfonamides is 1. The fourth-order valence-electron chi connectivity index (χ4n) is 3.08. The number of hydrogen-bond acceptors (Lipinski definition) is 4. The summed E-state index contributed by atoms with van der Waals surface area (Å²) in [4.78, 5) is 27.5. The Morgan fingerprint density at radius 2 is 1.59 bits per heavy atom. The molecule has 0 spiro atoms. The molecule has 2 rings (SSSR count). The molecular formula is C24H33N3O4S. The summed E-state index contributed by atoms with van der Waals surface area (Å²) in [7, 11) is -2.47. The topological polar surface area (TPSA) is 86.8 Å². The maximum atomic E-state index is 13.2. The highest BCUT2D eigenvalue weighted by Crippen LogP contribution is 2.16. The van der Waals surface area contributed by atoms with Gasteiger partial charge in [0.15, 0.2) is 0 Å². The molecule has 0 saturated heterocycles. The minimum atomic E-state index is -3.84. The Balaban J connectivity index is 2.24. The summed E-state index contributed by atoms with van der Waals surface area (Å²) < 4.78 is 26.9. The zero-order chi connectivity index (χ0) is 23.9.